The van der Waals surface area contributed by atoms with E-state index in [4.69, 9.17) is 14.6 Å². The first-order chi connectivity index (χ1) is 7.56. The van der Waals surface area contributed by atoms with E-state index in [0.29, 0.717) is 12.0 Å². The minimum absolute atomic E-state index is 0.376. The van der Waals surface area contributed by atoms with E-state index in [1.165, 1.54) is 0 Å². The van der Waals surface area contributed by atoms with Crippen molar-refractivity contribution in [2.24, 2.45) is 0 Å². The monoisotopic (exact) mass is 243 g/mol. The summed E-state index contributed by atoms with van der Waals surface area (Å²) in [5.74, 6) is -0.880. The van der Waals surface area contributed by atoms with Gasteiger partial charge in [0.2, 0.25) is 0 Å². The van der Waals surface area contributed by atoms with Gasteiger partial charge in [-0.1, -0.05) is 18.0 Å². The Morgan fingerprint density at radius 2 is 1.94 bits per heavy atom. The normalized spacial score (nSPS) is 12.8. The van der Waals surface area contributed by atoms with Gasteiger partial charge in [0.25, 0.3) is 0 Å². The average Bonchev–Trinajstić information content (AvgIpc) is 2.28. The van der Waals surface area contributed by atoms with Crippen LogP contribution in [0, 0.1) is 0 Å². The predicted octanol–water partition coefficient (Wildman–Crippen LogP) is 1.76. The number of hydrogen-bond donors (Lipinski definition) is 1. The maximum Gasteiger partial charge on any atom is 0.331 e. The second-order valence-electron chi connectivity index (χ2n) is 3.49. The van der Waals surface area contributed by atoms with E-state index in [0.717, 1.165) is 24.5 Å². The molecule has 0 aromatic heterocycles. The Bertz CT molecular complexity index is 246. The van der Waals surface area contributed by atoms with Crippen LogP contribution in [0.1, 0.15) is 26.2 Å². The highest BCUT2D eigenvalue weighted by Gasteiger charge is 2.14. The van der Waals surface area contributed by atoms with Crippen LogP contribution in [0.4, 0.5) is 0 Å². The van der Waals surface area contributed by atoms with E-state index in [1.54, 1.807) is 21.1 Å². The zero-order valence-corrected chi connectivity index (χ0v) is 11.1. The molecule has 5 heteroatoms. The molecular formula is C11H19O4Si. The Labute approximate surface area is 100 Å². The maximum absolute atomic E-state index is 10.9. The first-order valence-electron chi connectivity index (χ1n) is 5.18. The lowest BCUT2D eigenvalue weighted by Crippen LogP contribution is -2.15. The maximum atomic E-state index is 10.9. The predicted molar refractivity (Wildman–Crippen MR) is 62.6 cm³/mol. The molecule has 0 bridgehead atoms. The van der Waals surface area contributed by atoms with Crippen LogP contribution in [0.3, 0.4) is 0 Å². The summed E-state index contributed by atoms with van der Waals surface area (Å²) < 4.78 is 10.2. The molecule has 91 valence electrons. The fourth-order valence-electron chi connectivity index (χ4n) is 1.36. The molecular weight excluding hydrogens is 224 g/mol. The minimum Gasteiger partial charge on any atom is -0.478 e. The van der Waals surface area contributed by atoms with E-state index in [-0.39, 0.29) is 6.29 Å². The zero-order chi connectivity index (χ0) is 12.6. The Hall–Kier alpha value is -0.653. The highest BCUT2D eigenvalue weighted by Crippen LogP contribution is 2.20. The molecule has 0 aromatic rings. The molecule has 0 heterocycles. The summed E-state index contributed by atoms with van der Waals surface area (Å²) in [5.41, 5.74) is 1.26. The molecule has 3 radical (unpaired) electrons. The first-order valence-corrected chi connectivity index (χ1v) is 5.89. The van der Waals surface area contributed by atoms with Gasteiger partial charge in [-0.3, -0.25) is 0 Å². The van der Waals surface area contributed by atoms with Gasteiger partial charge in [0.15, 0.2) is 6.29 Å². The Morgan fingerprint density at radius 3 is 2.31 bits per heavy atom. The van der Waals surface area contributed by atoms with Crippen LogP contribution < -0.4 is 0 Å². The van der Waals surface area contributed by atoms with Crippen LogP contribution in [-0.4, -0.2) is 41.8 Å². The van der Waals surface area contributed by atoms with Gasteiger partial charge in [-0.2, -0.15) is 0 Å². The average molecular weight is 243 g/mol. The summed E-state index contributed by atoms with van der Waals surface area (Å²) in [6.07, 6.45) is 1.76. The van der Waals surface area contributed by atoms with Crippen LogP contribution in [-0.2, 0) is 14.3 Å². The largest absolute Gasteiger partial charge is 0.478 e. The topological polar surface area (TPSA) is 55.8 Å². The molecule has 4 nitrogen and oxygen atoms in total. The Morgan fingerprint density at radius 1 is 1.38 bits per heavy atom. The third-order valence-corrected chi connectivity index (χ3v) is 2.80. The highest BCUT2D eigenvalue weighted by atomic mass is 28.1. The standard InChI is InChI=1S/C11H19O4Si/c1-8(11(12)13)9(5-4-6-16)7-10(14-2)15-3/h10H,4-7H2,1-3H3,(H,12,13). The quantitative estimate of drug-likeness (QED) is 0.401. The molecule has 0 aliphatic carbocycles. The number of ether oxygens (including phenoxy) is 2. The van der Waals surface area contributed by atoms with Gasteiger partial charge in [-0.15, -0.1) is 0 Å². The van der Waals surface area contributed by atoms with Crippen LogP contribution in [0.2, 0.25) is 6.04 Å². The van der Waals surface area contributed by atoms with Crippen molar-refractivity contribution in [2.75, 3.05) is 14.2 Å². The van der Waals surface area contributed by atoms with Gasteiger partial charge >= 0.3 is 5.97 Å². The Balaban J connectivity index is 4.66. The summed E-state index contributed by atoms with van der Waals surface area (Å²) in [5, 5.41) is 8.96. The van der Waals surface area contributed by atoms with Crippen molar-refractivity contribution in [3.05, 3.63) is 11.1 Å². The number of carbonyl (C=O) groups is 1. The van der Waals surface area contributed by atoms with Crippen LogP contribution in [0.5, 0.6) is 0 Å². The fourth-order valence-corrected chi connectivity index (χ4v) is 1.54. The molecule has 0 atom stereocenters. The third kappa shape index (κ3) is 5.44. The SMILES string of the molecule is COC(CC(CCC[Si])=C(C)C(=O)O)OC. The molecule has 16 heavy (non-hydrogen) atoms. The van der Waals surface area contributed by atoms with Crippen LogP contribution in [0.25, 0.3) is 0 Å². The molecule has 0 rings (SSSR count). The van der Waals surface area contributed by atoms with Gasteiger partial charge < -0.3 is 14.6 Å². The number of carboxylic acid groups (broad SMARTS) is 1. The molecule has 0 spiro atoms. The molecule has 0 amide bonds. The number of methoxy groups -OCH3 is 2. The summed E-state index contributed by atoms with van der Waals surface area (Å²) >= 11 is 0. The number of aliphatic carboxylic acids is 1. The van der Waals surface area contributed by atoms with Crippen LogP contribution in [0.15, 0.2) is 11.1 Å². The van der Waals surface area contributed by atoms with Gasteiger partial charge in [-0.25, -0.2) is 4.79 Å². The fraction of sp³-hybridized carbons (Fsp3) is 0.727. The van der Waals surface area contributed by atoms with Crippen molar-refractivity contribution in [3.63, 3.8) is 0 Å². The van der Waals surface area contributed by atoms with E-state index < -0.39 is 5.97 Å². The second-order valence-corrected chi connectivity index (χ2v) is 3.99. The van der Waals surface area contributed by atoms with Crippen molar-refractivity contribution >= 4 is 16.2 Å². The summed E-state index contributed by atoms with van der Waals surface area (Å²) in [6, 6.07) is 0.848. The lowest BCUT2D eigenvalue weighted by molar-refractivity contribution is -0.132. The summed E-state index contributed by atoms with van der Waals surface area (Å²) in [7, 11) is 6.47. The minimum atomic E-state index is -0.880. The van der Waals surface area contributed by atoms with Crippen molar-refractivity contribution in [1.82, 2.24) is 0 Å². The lowest BCUT2D eigenvalue weighted by atomic mass is 10.0. The lowest BCUT2D eigenvalue weighted by Gasteiger charge is -2.17. The molecule has 0 aliphatic rings. The number of rotatable bonds is 8. The van der Waals surface area contributed by atoms with Crippen molar-refractivity contribution in [3.8, 4) is 0 Å². The van der Waals surface area contributed by atoms with Gasteiger partial charge in [0.1, 0.15) is 0 Å². The molecule has 0 fully saturated rings. The summed E-state index contributed by atoms with van der Waals surface area (Å²) in [6.45, 7) is 1.62. The van der Waals surface area contributed by atoms with E-state index in [9.17, 15) is 4.79 Å². The molecule has 0 saturated carbocycles. The molecule has 0 saturated heterocycles. The van der Waals surface area contributed by atoms with Gasteiger partial charge in [0, 0.05) is 36.5 Å². The van der Waals surface area contributed by atoms with Gasteiger partial charge in [0.05, 0.1) is 0 Å². The molecule has 0 aliphatic heterocycles. The number of hydrogen-bond acceptors (Lipinski definition) is 3. The highest BCUT2D eigenvalue weighted by molar-refractivity contribution is 6.08. The number of carboxylic acids is 1. The van der Waals surface area contributed by atoms with Crippen molar-refractivity contribution in [1.29, 1.82) is 0 Å². The zero-order valence-electron chi connectivity index (χ0n) is 10.1. The van der Waals surface area contributed by atoms with Crippen molar-refractivity contribution in [2.45, 2.75) is 38.5 Å². The first kappa shape index (κ1) is 15.3. The summed E-state index contributed by atoms with van der Waals surface area (Å²) in [4.78, 5) is 10.9. The second kappa shape index (κ2) is 8.49. The molecule has 0 unspecified atom stereocenters. The van der Waals surface area contributed by atoms with Crippen LogP contribution >= 0.6 is 0 Å². The molecule has 0 aromatic carbocycles. The molecule has 1 N–H and O–H groups in total. The smallest absolute Gasteiger partial charge is 0.331 e. The van der Waals surface area contributed by atoms with E-state index in [2.05, 4.69) is 10.2 Å². The van der Waals surface area contributed by atoms with Crippen molar-refractivity contribution < 1.29 is 19.4 Å². The third-order valence-electron chi connectivity index (χ3n) is 2.45. The van der Waals surface area contributed by atoms with E-state index in [1.807, 2.05) is 0 Å². The van der Waals surface area contributed by atoms with Gasteiger partial charge in [-0.05, 0) is 13.3 Å². The van der Waals surface area contributed by atoms with E-state index >= 15 is 0 Å². The Kier molecular flexibility index (Phi) is 8.15.